The fourth-order valence-electron chi connectivity index (χ4n) is 2.02. The van der Waals surface area contributed by atoms with Crippen LogP contribution in [0.3, 0.4) is 0 Å². The molecule has 0 fully saturated rings. The molecule has 0 aliphatic heterocycles. The Bertz CT molecular complexity index is 573. The van der Waals surface area contributed by atoms with Gasteiger partial charge in [0.25, 0.3) is 0 Å². The van der Waals surface area contributed by atoms with Crippen LogP contribution in [0.2, 0.25) is 5.02 Å². The van der Waals surface area contributed by atoms with Crippen molar-refractivity contribution in [3.8, 4) is 0 Å². The molecule has 2 rings (SSSR count). The molecule has 5 heteroatoms. The number of thiophene rings is 1. The average molecular weight is 377 g/mol. The van der Waals surface area contributed by atoms with Gasteiger partial charge in [0, 0.05) is 25.8 Å². The van der Waals surface area contributed by atoms with Crippen LogP contribution in [0, 0.1) is 5.82 Å². The van der Waals surface area contributed by atoms with E-state index < -0.39 is 0 Å². The third-order valence-electron chi connectivity index (χ3n) is 3.00. The third-order valence-corrected chi connectivity index (χ3v) is 5.05. The molecule has 1 heterocycles. The van der Waals surface area contributed by atoms with E-state index >= 15 is 0 Å². The first-order valence-electron chi connectivity index (χ1n) is 6.51. The zero-order valence-corrected chi connectivity index (χ0v) is 14.3. The Balaban J connectivity index is 2.21. The zero-order valence-electron chi connectivity index (χ0n) is 11.1. The highest BCUT2D eigenvalue weighted by atomic mass is 79.9. The minimum Gasteiger partial charge on any atom is -0.309 e. The molecule has 1 N–H and O–H groups in total. The maximum absolute atomic E-state index is 13.9. The van der Waals surface area contributed by atoms with Gasteiger partial charge in [-0.25, -0.2) is 4.39 Å². The molecule has 1 nitrogen and oxygen atoms in total. The molecule has 0 amide bonds. The van der Waals surface area contributed by atoms with Gasteiger partial charge in [0.1, 0.15) is 5.82 Å². The Hall–Kier alpha value is -0.420. The van der Waals surface area contributed by atoms with Crippen LogP contribution in [0.4, 0.5) is 4.39 Å². The van der Waals surface area contributed by atoms with E-state index in [2.05, 4.69) is 34.2 Å². The van der Waals surface area contributed by atoms with Crippen LogP contribution >= 0.6 is 38.9 Å². The van der Waals surface area contributed by atoms with Crippen molar-refractivity contribution >= 4 is 38.9 Å². The Morgan fingerprint density at radius 2 is 2.20 bits per heavy atom. The first-order valence-corrected chi connectivity index (χ1v) is 8.56. The lowest BCUT2D eigenvalue weighted by Gasteiger charge is -2.17. The number of hydrogen-bond acceptors (Lipinski definition) is 2. The van der Waals surface area contributed by atoms with Crippen molar-refractivity contribution in [1.29, 1.82) is 0 Å². The molecule has 1 unspecified atom stereocenters. The highest BCUT2D eigenvalue weighted by Gasteiger charge is 2.16. The second-order valence-corrected chi connectivity index (χ2v) is 6.91. The highest BCUT2D eigenvalue weighted by molar-refractivity contribution is 9.10. The molecule has 1 aromatic carbocycles. The maximum Gasteiger partial charge on any atom is 0.126 e. The van der Waals surface area contributed by atoms with Gasteiger partial charge in [-0.3, -0.25) is 0 Å². The number of nitrogens with one attached hydrogen (secondary N) is 1. The molecule has 108 valence electrons. The minimum atomic E-state index is -0.201. The predicted octanol–water partition coefficient (Wildman–Crippen LogP) is 5.59. The van der Waals surface area contributed by atoms with E-state index in [1.807, 2.05) is 5.38 Å². The van der Waals surface area contributed by atoms with Crippen molar-refractivity contribution in [1.82, 2.24) is 5.32 Å². The smallest absolute Gasteiger partial charge is 0.126 e. The first kappa shape index (κ1) is 16.0. The summed E-state index contributed by atoms with van der Waals surface area (Å²) in [5.41, 5.74) is 0.649. The standard InChI is InChI=1S/C15H16BrClFNS/c1-2-5-19-14(15-8-11(16)9-20-15)7-10-6-12(17)3-4-13(10)18/h3-4,6,8-9,14,19H,2,5,7H2,1H3. The van der Waals surface area contributed by atoms with E-state index in [4.69, 9.17) is 11.6 Å². The van der Waals surface area contributed by atoms with Crippen molar-refractivity contribution in [3.63, 3.8) is 0 Å². The summed E-state index contributed by atoms with van der Waals surface area (Å²) in [7, 11) is 0. The van der Waals surface area contributed by atoms with Crippen LogP contribution in [0.5, 0.6) is 0 Å². The summed E-state index contributed by atoms with van der Waals surface area (Å²) < 4.78 is 14.9. The van der Waals surface area contributed by atoms with Crippen LogP contribution in [-0.2, 0) is 6.42 Å². The largest absolute Gasteiger partial charge is 0.309 e. The first-order chi connectivity index (χ1) is 9.60. The quantitative estimate of drug-likeness (QED) is 0.693. The molecule has 1 aromatic heterocycles. The molecular weight excluding hydrogens is 361 g/mol. The van der Waals surface area contributed by atoms with E-state index in [0.29, 0.717) is 17.0 Å². The molecule has 0 saturated heterocycles. The molecule has 20 heavy (non-hydrogen) atoms. The second kappa shape index (κ2) is 7.55. The fraction of sp³-hybridized carbons (Fsp3) is 0.333. The van der Waals surface area contributed by atoms with Crippen LogP contribution < -0.4 is 5.32 Å². The summed E-state index contributed by atoms with van der Waals surface area (Å²) in [5, 5.41) is 6.09. The van der Waals surface area contributed by atoms with E-state index in [9.17, 15) is 4.39 Å². The Morgan fingerprint density at radius 1 is 1.40 bits per heavy atom. The normalized spacial score (nSPS) is 12.6. The molecule has 0 aliphatic carbocycles. The van der Waals surface area contributed by atoms with Crippen molar-refractivity contribution in [2.24, 2.45) is 0 Å². The van der Waals surface area contributed by atoms with Crippen molar-refractivity contribution in [3.05, 3.63) is 55.4 Å². The third kappa shape index (κ3) is 4.29. The van der Waals surface area contributed by atoms with E-state index in [0.717, 1.165) is 17.4 Å². The number of hydrogen-bond donors (Lipinski definition) is 1. The highest BCUT2D eigenvalue weighted by Crippen LogP contribution is 2.29. The molecule has 0 saturated carbocycles. The van der Waals surface area contributed by atoms with Crippen LogP contribution in [0.25, 0.3) is 0 Å². The molecule has 1 atom stereocenters. The summed E-state index contributed by atoms with van der Waals surface area (Å²) in [6, 6.07) is 6.91. The molecular formula is C15H16BrClFNS. The molecule has 0 bridgehead atoms. The Labute approximate surface area is 136 Å². The fourth-order valence-corrected chi connectivity index (χ4v) is 3.74. The summed E-state index contributed by atoms with van der Waals surface area (Å²) in [4.78, 5) is 1.20. The average Bonchev–Trinajstić information content (AvgIpc) is 2.85. The van der Waals surface area contributed by atoms with E-state index in [1.54, 1.807) is 23.5 Å². The number of rotatable bonds is 6. The van der Waals surface area contributed by atoms with E-state index in [1.165, 1.54) is 10.9 Å². The predicted molar refractivity (Wildman–Crippen MR) is 88.2 cm³/mol. The summed E-state index contributed by atoms with van der Waals surface area (Å²) in [6.07, 6.45) is 1.64. The van der Waals surface area contributed by atoms with Gasteiger partial charge in [-0.05, 0) is 65.1 Å². The van der Waals surface area contributed by atoms with Gasteiger partial charge in [-0.2, -0.15) is 0 Å². The molecule has 0 radical (unpaired) electrons. The van der Waals surface area contributed by atoms with Crippen molar-refractivity contribution in [2.45, 2.75) is 25.8 Å². The van der Waals surface area contributed by atoms with Gasteiger partial charge in [0.2, 0.25) is 0 Å². The van der Waals surface area contributed by atoms with Crippen LogP contribution in [-0.4, -0.2) is 6.54 Å². The van der Waals surface area contributed by atoms with Crippen molar-refractivity contribution < 1.29 is 4.39 Å². The van der Waals surface area contributed by atoms with Gasteiger partial charge in [-0.1, -0.05) is 18.5 Å². The summed E-state index contributed by atoms with van der Waals surface area (Å²) in [6.45, 7) is 3.02. The van der Waals surface area contributed by atoms with E-state index in [-0.39, 0.29) is 11.9 Å². The minimum absolute atomic E-state index is 0.110. The monoisotopic (exact) mass is 375 g/mol. The summed E-state index contributed by atoms with van der Waals surface area (Å²) in [5.74, 6) is -0.201. The topological polar surface area (TPSA) is 12.0 Å². The zero-order chi connectivity index (χ0) is 14.5. The van der Waals surface area contributed by atoms with Gasteiger partial charge in [0.05, 0.1) is 0 Å². The van der Waals surface area contributed by atoms with Crippen LogP contribution in [0.15, 0.2) is 34.1 Å². The number of halogens is 3. The van der Waals surface area contributed by atoms with Gasteiger partial charge in [-0.15, -0.1) is 11.3 Å². The maximum atomic E-state index is 13.9. The lowest BCUT2D eigenvalue weighted by molar-refractivity contribution is 0.519. The lowest BCUT2D eigenvalue weighted by Crippen LogP contribution is -2.23. The number of benzene rings is 1. The molecule has 0 spiro atoms. The van der Waals surface area contributed by atoms with Crippen LogP contribution in [0.1, 0.15) is 29.8 Å². The van der Waals surface area contributed by atoms with Gasteiger partial charge >= 0.3 is 0 Å². The van der Waals surface area contributed by atoms with Crippen molar-refractivity contribution in [2.75, 3.05) is 6.54 Å². The SMILES string of the molecule is CCCNC(Cc1cc(Cl)ccc1F)c1cc(Br)cs1. The Morgan fingerprint density at radius 3 is 2.85 bits per heavy atom. The summed E-state index contributed by atoms with van der Waals surface area (Å²) >= 11 is 11.1. The molecule has 0 aliphatic rings. The Kier molecular flexibility index (Phi) is 6.02. The lowest BCUT2D eigenvalue weighted by atomic mass is 10.0. The van der Waals surface area contributed by atoms with Gasteiger partial charge in [0.15, 0.2) is 0 Å². The van der Waals surface area contributed by atoms with Gasteiger partial charge < -0.3 is 5.32 Å². The second-order valence-electron chi connectivity index (χ2n) is 4.61. The molecule has 2 aromatic rings.